The van der Waals surface area contributed by atoms with E-state index in [0.29, 0.717) is 12.6 Å². The molecule has 5 heteroatoms. The van der Waals surface area contributed by atoms with Crippen molar-refractivity contribution >= 4 is 17.1 Å². The van der Waals surface area contributed by atoms with E-state index in [2.05, 4.69) is 9.97 Å². The number of aryl methyl sites for hydroxylation is 1. The maximum absolute atomic E-state index is 5.99. The predicted octanol–water partition coefficient (Wildman–Crippen LogP) is 1.67. The Hall–Kier alpha value is -1.62. The van der Waals surface area contributed by atoms with Crippen molar-refractivity contribution in [2.75, 3.05) is 18.9 Å². The molecule has 1 aliphatic heterocycles. The molecule has 5 nitrogen and oxygen atoms in total. The van der Waals surface area contributed by atoms with Gasteiger partial charge in [0.2, 0.25) is 5.95 Å². The van der Waals surface area contributed by atoms with E-state index in [1.807, 2.05) is 23.6 Å². The fraction of sp³-hybridized carbons (Fsp3) is 0.500. The summed E-state index contributed by atoms with van der Waals surface area (Å²) >= 11 is 0. The summed E-state index contributed by atoms with van der Waals surface area (Å²) < 4.78 is 7.52. The van der Waals surface area contributed by atoms with Gasteiger partial charge in [-0.15, -0.1) is 0 Å². The summed E-state index contributed by atoms with van der Waals surface area (Å²) in [5.41, 5.74) is 8.71. The van der Waals surface area contributed by atoms with Crippen LogP contribution in [0, 0.1) is 6.92 Å². The second-order valence-corrected chi connectivity index (χ2v) is 4.51. The normalized spacial score (nSPS) is 20.9. The predicted molar refractivity (Wildman–Crippen MR) is 65.8 cm³/mol. The molecule has 1 fully saturated rings. The monoisotopic (exact) mass is 232 g/mol. The molecule has 1 unspecified atom stereocenters. The molecule has 17 heavy (non-hydrogen) atoms. The van der Waals surface area contributed by atoms with Gasteiger partial charge < -0.3 is 10.5 Å². The largest absolute Gasteiger partial charge is 0.379 e. The molecule has 90 valence electrons. The lowest BCUT2D eigenvalue weighted by Crippen LogP contribution is -2.22. The smallest absolute Gasteiger partial charge is 0.202 e. The molecule has 0 bridgehead atoms. The summed E-state index contributed by atoms with van der Waals surface area (Å²) in [7, 11) is 0. The lowest BCUT2D eigenvalue weighted by Gasteiger charge is -2.24. The Morgan fingerprint density at radius 2 is 2.29 bits per heavy atom. The Bertz CT molecular complexity index is 543. The molecular formula is C12H16N4O. The Balaban J connectivity index is 2.13. The third-order valence-electron chi connectivity index (χ3n) is 3.21. The molecule has 0 amide bonds. The molecule has 2 aromatic heterocycles. The maximum Gasteiger partial charge on any atom is 0.202 e. The average molecular weight is 232 g/mol. The summed E-state index contributed by atoms with van der Waals surface area (Å²) in [5.74, 6) is 0.536. The number of pyridine rings is 1. The molecule has 0 aliphatic carbocycles. The van der Waals surface area contributed by atoms with Crippen molar-refractivity contribution < 1.29 is 4.74 Å². The van der Waals surface area contributed by atoms with Crippen molar-refractivity contribution in [1.29, 1.82) is 0 Å². The number of hydrogen-bond donors (Lipinski definition) is 1. The molecule has 0 aromatic carbocycles. The number of nitrogen functional groups attached to an aromatic ring is 1. The molecule has 1 saturated heterocycles. The van der Waals surface area contributed by atoms with Crippen molar-refractivity contribution in [2.24, 2.45) is 0 Å². The summed E-state index contributed by atoms with van der Waals surface area (Å²) in [6.45, 7) is 3.52. The Kier molecular flexibility index (Phi) is 2.48. The molecule has 3 heterocycles. The van der Waals surface area contributed by atoms with Crippen LogP contribution in [-0.2, 0) is 4.74 Å². The summed E-state index contributed by atoms with van der Waals surface area (Å²) in [6.07, 6.45) is 2.14. The number of nitrogens with zero attached hydrogens (tertiary/aromatic N) is 3. The van der Waals surface area contributed by atoms with Crippen LogP contribution in [0.25, 0.3) is 11.2 Å². The number of rotatable bonds is 1. The highest BCUT2D eigenvalue weighted by molar-refractivity contribution is 5.74. The Labute approximate surface area is 99.6 Å². The van der Waals surface area contributed by atoms with Crippen LogP contribution in [0.5, 0.6) is 0 Å². The van der Waals surface area contributed by atoms with Gasteiger partial charge in [-0.2, -0.15) is 0 Å². The molecule has 1 aliphatic rings. The van der Waals surface area contributed by atoms with Crippen molar-refractivity contribution in [1.82, 2.24) is 14.5 Å². The summed E-state index contributed by atoms with van der Waals surface area (Å²) in [4.78, 5) is 8.89. The third kappa shape index (κ3) is 1.76. The van der Waals surface area contributed by atoms with E-state index in [1.54, 1.807) is 0 Å². The second-order valence-electron chi connectivity index (χ2n) is 4.51. The molecule has 0 radical (unpaired) electrons. The quantitative estimate of drug-likeness (QED) is 0.812. The van der Waals surface area contributed by atoms with E-state index < -0.39 is 0 Å². The zero-order chi connectivity index (χ0) is 11.8. The van der Waals surface area contributed by atoms with E-state index >= 15 is 0 Å². The first-order valence-electron chi connectivity index (χ1n) is 5.94. The number of anilines is 1. The van der Waals surface area contributed by atoms with Gasteiger partial charge >= 0.3 is 0 Å². The number of nitrogens with two attached hydrogens (primary N) is 1. The minimum absolute atomic E-state index is 0.267. The topological polar surface area (TPSA) is 66.0 Å². The standard InChI is InChI=1S/C12H16N4O/c1-8-4-5-10-11(14-8)16(12(13)15-10)9-3-2-6-17-7-9/h4-5,9H,2-3,6-7H2,1H3,(H2,13,15). The van der Waals surface area contributed by atoms with Gasteiger partial charge in [-0.1, -0.05) is 0 Å². The van der Waals surface area contributed by atoms with Crippen LogP contribution in [0.15, 0.2) is 12.1 Å². The fourth-order valence-electron chi connectivity index (χ4n) is 2.37. The van der Waals surface area contributed by atoms with Gasteiger partial charge in [0.05, 0.1) is 12.6 Å². The molecular weight excluding hydrogens is 216 g/mol. The van der Waals surface area contributed by atoms with Crippen LogP contribution in [0.3, 0.4) is 0 Å². The van der Waals surface area contributed by atoms with Crippen LogP contribution in [-0.4, -0.2) is 27.7 Å². The van der Waals surface area contributed by atoms with E-state index in [-0.39, 0.29) is 6.04 Å². The molecule has 1 atom stereocenters. The lowest BCUT2D eigenvalue weighted by molar-refractivity contribution is 0.0610. The first-order chi connectivity index (χ1) is 8.25. The Morgan fingerprint density at radius 3 is 3.06 bits per heavy atom. The van der Waals surface area contributed by atoms with E-state index in [0.717, 1.165) is 36.3 Å². The SMILES string of the molecule is Cc1ccc2nc(N)n(C3CCCOC3)c2n1. The van der Waals surface area contributed by atoms with Crippen LogP contribution in [0.1, 0.15) is 24.6 Å². The van der Waals surface area contributed by atoms with Crippen molar-refractivity contribution in [3.8, 4) is 0 Å². The zero-order valence-electron chi connectivity index (χ0n) is 9.89. The average Bonchev–Trinajstić information content (AvgIpc) is 2.65. The minimum atomic E-state index is 0.267. The van der Waals surface area contributed by atoms with Gasteiger partial charge in [-0.25, -0.2) is 9.97 Å². The molecule has 0 saturated carbocycles. The van der Waals surface area contributed by atoms with Crippen LogP contribution in [0.4, 0.5) is 5.95 Å². The highest BCUT2D eigenvalue weighted by Crippen LogP contribution is 2.27. The Morgan fingerprint density at radius 1 is 1.41 bits per heavy atom. The van der Waals surface area contributed by atoms with E-state index in [4.69, 9.17) is 10.5 Å². The van der Waals surface area contributed by atoms with E-state index in [9.17, 15) is 0 Å². The summed E-state index contributed by atoms with van der Waals surface area (Å²) in [5, 5.41) is 0. The highest BCUT2D eigenvalue weighted by Gasteiger charge is 2.21. The maximum atomic E-state index is 5.99. The summed E-state index contributed by atoms with van der Waals surface area (Å²) in [6, 6.07) is 4.19. The van der Waals surface area contributed by atoms with Crippen LogP contribution in [0.2, 0.25) is 0 Å². The number of imidazole rings is 1. The van der Waals surface area contributed by atoms with Gasteiger partial charge in [-0.3, -0.25) is 4.57 Å². The van der Waals surface area contributed by atoms with Crippen molar-refractivity contribution in [2.45, 2.75) is 25.8 Å². The van der Waals surface area contributed by atoms with Gasteiger partial charge in [0.15, 0.2) is 5.65 Å². The highest BCUT2D eigenvalue weighted by atomic mass is 16.5. The van der Waals surface area contributed by atoms with Crippen molar-refractivity contribution in [3.63, 3.8) is 0 Å². The first kappa shape index (κ1) is 10.5. The number of aromatic nitrogens is 3. The van der Waals surface area contributed by atoms with Crippen LogP contribution >= 0.6 is 0 Å². The van der Waals surface area contributed by atoms with Gasteiger partial charge in [0.25, 0.3) is 0 Å². The fourth-order valence-corrected chi connectivity index (χ4v) is 2.37. The molecule has 0 spiro atoms. The zero-order valence-corrected chi connectivity index (χ0v) is 9.89. The molecule has 3 rings (SSSR count). The van der Waals surface area contributed by atoms with Crippen LogP contribution < -0.4 is 5.73 Å². The van der Waals surface area contributed by atoms with Gasteiger partial charge in [0, 0.05) is 12.3 Å². The third-order valence-corrected chi connectivity index (χ3v) is 3.21. The molecule has 2 aromatic rings. The van der Waals surface area contributed by atoms with Gasteiger partial charge in [0.1, 0.15) is 5.52 Å². The second kappa shape index (κ2) is 4.00. The number of hydrogen-bond acceptors (Lipinski definition) is 4. The van der Waals surface area contributed by atoms with Gasteiger partial charge in [-0.05, 0) is 31.9 Å². The first-order valence-corrected chi connectivity index (χ1v) is 5.94. The number of fused-ring (bicyclic) bond motifs is 1. The lowest BCUT2D eigenvalue weighted by atomic mass is 10.1. The number of ether oxygens (including phenoxy) is 1. The van der Waals surface area contributed by atoms with Crippen molar-refractivity contribution in [3.05, 3.63) is 17.8 Å². The van der Waals surface area contributed by atoms with E-state index in [1.165, 1.54) is 0 Å². The molecule has 2 N–H and O–H groups in total. The minimum Gasteiger partial charge on any atom is -0.379 e.